The molecule has 0 bridgehead atoms. The van der Waals surface area contributed by atoms with Gasteiger partial charge in [-0.05, 0) is 19.9 Å². The molecule has 6 heteroatoms. The molecule has 0 saturated heterocycles. The lowest BCUT2D eigenvalue weighted by Crippen LogP contribution is -2.27. The van der Waals surface area contributed by atoms with E-state index in [0.29, 0.717) is 19.5 Å². The third-order valence-corrected chi connectivity index (χ3v) is 3.01. The van der Waals surface area contributed by atoms with Gasteiger partial charge in [0.25, 0.3) is 0 Å². The van der Waals surface area contributed by atoms with Crippen LogP contribution >= 0.6 is 0 Å². The molecule has 0 saturated carbocycles. The standard InChI is InChI=1S/C13H19N5O/c1-10-8-11(2)18(16-10)7-4-13(19)17(3)9-12-14-5-6-15-12/h5-6,8H,4,7,9H2,1-3H3,(H,14,15). The molecule has 0 fully saturated rings. The number of carbonyl (C=O) groups excluding carboxylic acids is 1. The maximum absolute atomic E-state index is 12.0. The minimum atomic E-state index is 0.0870. The largest absolute Gasteiger partial charge is 0.347 e. The normalized spacial score (nSPS) is 10.7. The van der Waals surface area contributed by atoms with Gasteiger partial charge >= 0.3 is 0 Å². The van der Waals surface area contributed by atoms with Crippen LogP contribution in [0.2, 0.25) is 0 Å². The molecular formula is C13H19N5O. The number of aromatic amines is 1. The third kappa shape index (κ3) is 3.43. The van der Waals surface area contributed by atoms with Crippen LogP contribution in [0.25, 0.3) is 0 Å². The molecule has 6 nitrogen and oxygen atoms in total. The van der Waals surface area contributed by atoms with Gasteiger partial charge in [-0.2, -0.15) is 5.10 Å². The van der Waals surface area contributed by atoms with E-state index in [4.69, 9.17) is 0 Å². The Bertz CT molecular complexity index is 543. The summed E-state index contributed by atoms with van der Waals surface area (Å²) in [6, 6.07) is 2.01. The molecule has 0 aliphatic carbocycles. The average molecular weight is 261 g/mol. The van der Waals surface area contributed by atoms with Gasteiger partial charge in [0.2, 0.25) is 5.91 Å². The van der Waals surface area contributed by atoms with Gasteiger partial charge < -0.3 is 9.88 Å². The number of nitrogens with zero attached hydrogens (tertiary/aromatic N) is 4. The number of hydrogen-bond acceptors (Lipinski definition) is 3. The zero-order valence-electron chi connectivity index (χ0n) is 11.6. The highest BCUT2D eigenvalue weighted by Crippen LogP contribution is 2.04. The molecule has 1 N–H and O–H groups in total. The molecule has 0 aliphatic rings. The lowest BCUT2D eigenvalue weighted by atomic mass is 10.3. The van der Waals surface area contributed by atoms with E-state index in [1.54, 1.807) is 24.3 Å². The maximum Gasteiger partial charge on any atom is 0.224 e. The molecule has 102 valence electrons. The Hall–Kier alpha value is -2.11. The van der Waals surface area contributed by atoms with Crippen LogP contribution < -0.4 is 0 Å². The fraction of sp³-hybridized carbons (Fsp3) is 0.462. The molecular weight excluding hydrogens is 242 g/mol. The Labute approximate surface area is 112 Å². The molecule has 0 radical (unpaired) electrons. The molecule has 2 aromatic rings. The topological polar surface area (TPSA) is 66.8 Å². The summed E-state index contributed by atoms with van der Waals surface area (Å²) in [4.78, 5) is 20.8. The van der Waals surface area contributed by atoms with Crippen molar-refractivity contribution in [2.45, 2.75) is 33.4 Å². The highest BCUT2D eigenvalue weighted by atomic mass is 16.2. The van der Waals surface area contributed by atoms with Crippen LogP contribution in [0, 0.1) is 13.8 Å². The summed E-state index contributed by atoms with van der Waals surface area (Å²) in [5, 5.41) is 4.34. The Morgan fingerprint density at radius 1 is 1.47 bits per heavy atom. The van der Waals surface area contributed by atoms with Crippen molar-refractivity contribution in [3.8, 4) is 0 Å². The second kappa shape index (κ2) is 5.69. The lowest BCUT2D eigenvalue weighted by Gasteiger charge is -2.16. The molecule has 0 aliphatic heterocycles. The SMILES string of the molecule is Cc1cc(C)n(CCC(=O)N(C)Cc2ncc[nH]2)n1. The maximum atomic E-state index is 12.0. The molecule has 0 spiro atoms. The first-order valence-corrected chi connectivity index (χ1v) is 6.29. The number of hydrogen-bond donors (Lipinski definition) is 1. The Morgan fingerprint density at radius 2 is 2.26 bits per heavy atom. The van der Waals surface area contributed by atoms with Crippen LogP contribution in [0.3, 0.4) is 0 Å². The van der Waals surface area contributed by atoms with Gasteiger partial charge in [-0.25, -0.2) is 4.98 Å². The first-order valence-electron chi connectivity index (χ1n) is 6.29. The van der Waals surface area contributed by atoms with Gasteiger partial charge in [-0.1, -0.05) is 0 Å². The number of amides is 1. The van der Waals surface area contributed by atoms with E-state index in [-0.39, 0.29) is 5.91 Å². The highest BCUT2D eigenvalue weighted by molar-refractivity contribution is 5.75. The van der Waals surface area contributed by atoms with Gasteiger partial charge in [0.1, 0.15) is 5.82 Å². The second-order valence-electron chi connectivity index (χ2n) is 4.69. The van der Waals surface area contributed by atoms with Crippen LogP contribution in [0.5, 0.6) is 0 Å². The van der Waals surface area contributed by atoms with Crippen molar-refractivity contribution >= 4 is 5.91 Å². The number of imidazole rings is 1. The Balaban J connectivity index is 1.85. The van der Waals surface area contributed by atoms with Crippen molar-refractivity contribution in [3.63, 3.8) is 0 Å². The molecule has 2 rings (SSSR count). The Morgan fingerprint density at radius 3 is 2.84 bits per heavy atom. The third-order valence-electron chi connectivity index (χ3n) is 3.01. The van der Waals surface area contributed by atoms with Crippen LogP contribution in [0.15, 0.2) is 18.5 Å². The number of nitrogens with one attached hydrogen (secondary N) is 1. The van der Waals surface area contributed by atoms with Crippen LogP contribution in [0.4, 0.5) is 0 Å². The molecule has 0 atom stereocenters. The van der Waals surface area contributed by atoms with Crippen molar-refractivity contribution in [1.82, 2.24) is 24.6 Å². The summed E-state index contributed by atoms with van der Waals surface area (Å²) in [5.74, 6) is 0.880. The average Bonchev–Trinajstić information content (AvgIpc) is 2.96. The smallest absolute Gasteiger partial charge is 0.224 e. The zero-order chi connectivity index (χ0) is 13.8. The Kier molecular flexibility index (Phi) is 3.99. The van der Waals surface area contributed by atoms with Gasteiger partial charge in [0.15, 0.2) is 0 Å². The van der Waals surface area contributed by atoms with Gasteiger partial charge in [0.05, 0.1) is 12.2 Å². The quantitative estimate of drug-likeness (QED) is 0.881. The number of rotatable bonds is 5. The van der Waals surface area contributed by atoms with Gasteiger partial charge in [-0.15, -0.1) is 0 Å². The number of aryl methyl sites for hydroxylation is 3. The molecule has 0 unspecified atom stereocenters. The predicted octanol–water partition coefficient (Wildman–Crippen LogP) is 1.27. The van der Waals surface area contributed by atoms with E-state index in [0.717, 1.165) is 17.2 Å². The van der Waals surface area contributed by atoms with Gasteiger partial charge in [-0.3, -0.25) is 9.48 Å². The van der Waals surface area contributed by atoms with E-state index in [2.05, 4.69) is 15.1 Å². The predicted molar refractivity (Wildman–Crippen MR) is 71.4 cm³/mol. The van der Waals surface area contributed by atoms with Crippen molar-refractivity contribution in [2.75, 3.05) is 7.05 Å². The highest BCUT2D eigenvalue weighted by Gasteiger charge is 2.11. The van der Waals surface area contributed by atoms with Gasteiger partial charge in [0, 0.05) is 38.1 Å². The van der Waals surface area contributed by atoms with Crippen molar-refractivity contribution < 1.29 is 4.79 Å². The van der Waals surface area contributed by atoms with Crippen LogP contribution in [0.1, 0.15) is 23.6 Å². The fourth-order valence-electron chi connectivity index (χ4n) is 1.99. The molecule has 2 aromatic heterocycles. The summed E-state index contributed by atoms with van der Waals surface area (Å²) >= 11 is 0. The van der Waals surface area contributed by atoms with Crippen LogP contribution in [-0.4, -0.2) is 37.6 Å². The van der Waals surface area contributed by atoms with E-state index >= 15 is 0 Å². The van der Waals surface area contributed by atoms with E-state index in [1.165, 1.54) is 0 Å². The van der Waals surface area contributed by atoms with Crippen molar-refractivity contribution in [3.05, 3.63) is 35.7 Å². The number of carbonyl (C=O) groups is 1. The monoisotopic (exact) mass is 261 g/mol. The second-order valence-corrected chi connectivity index (χ2v) is 4.69. The summed E-state index contributed by atoms with van der Waals surface area (Å²) in [6.07, 6.45) is 3.88. The van der Waals surface area contributed by atoms with Crippen molar-refractivity contribution in [1.29, 1.82) is 0 Å². The lowest BCUT2D eigenvalue weighted by molar-refractivity contribution is -0.130. The summed E-state index contributed by atoms with van der Waals surface area (Å²) in [5.41, 5.74) is 2.06. The molecule has 19 heavy (non-hydrogen) atoms. The van der Waals surface area contributed by atoms with E-state index < -0.39 is 0 Å². The first kappa shape index (κ1) is 13.3. The van der Waals surface area contributed by atoms with Crippen LogP contribution in [-0.2, 0) is 17.9 Å². The molecule has 1 amide bonds. The zero-order valence-corrected chi connectivity index (χ0v) is 11.6. The summed E-state index contributed by atoms with van der Waals surface area (Å²) in [7, 11) is 1.78. The minimum absolute atomic E-state index is 0.0870. The summed E-state index contributed by atoms with van der Waals surface area (Å²) < 4.78 is 1.87. The summed E-state index contributed by atoms with van der Waals surface area (Å²) in [6.45, 7) is 5.06. The van der Waals surface area contributed by atoms with E-state index in [1.807, 2.05) is 24.6 Å². The fourth-order valence-corrected chi connectivity index (χ4v) is 1.99. The molecule has 0 aromatic carbocycles. The van der Waals surface area contributed by atoms with E-state index in [9.17, 15) is 4.79 Å². The molecule has 2 heterocycles. The number of aromatic nitrogens is 4. The number of H-pyrrole nitrogens is 1. The van der Waals surface area contributed by atoms with Crippen molar-refractivity contribution in [2.24, 2.45) is 0 Å². The first-order chi connectivity index (χ1) is 9.06. The minimum Gasteiger partial charge on any atom is -0.347 e.